The van der Waals surface area contributed by atoms with Crippen LogP contribution in [0.4, 0.5) is 0 Å². The molecule has 0 aliphatic heterocycles. The van der Waals surface area contributed by atoms with E-state index in [4.69, 9.17) is 0 Å². The van der Waals surface area contributed by atoms with Crippen LogP contribution in [0, 0.1) is 26.2 Å². The molecule has 0 N–H and O–H groups in total. The van der Waals surface area contributed by atoms with E-state index in [2.05, 4.69) is 118 Å². The molecular formula is C34H33N2+. The van der Waals surface area contributed by atoms with Crippen LogP contribution in [0.25, 0.3) is 59.8 Å². The zero-order chi connectivity index (χ0) is 25.1. The highest BCUT2D eigenvalue weighted by Gasteiger charge is 2.28. The number of benzene rings is 4. The van der Waals surface area contributed by atoms with Gasteiger partial charge in [0.1, 0.15) is 7.05 Å². The van der Waals surface area contributed by atoms with Gasteiger partial charge in [0.25, 0.3) is 0 Å². The van der Waals surface area contributed by atoms with E-state index in [0.717, 1.165) is 6.42 Å². The average Bonchev–Trinajstić information content (AvgIpc) is 3.17. The van der Waals surface area contributed by atoms with Crippen molar-refractivity contribution in [3.63, 3.8) is 0 Å². The van der Waals surface area contributed by atoms with E-state index in [9.17, 15) is 0 Å². The monoisotopic (exact) mass is 469 g/mol. The Hall–Kier alpha value is -3.65. The van der Waals surface area contributed by atoms with Crippen molar-refractivity contribution in [3.05, 3.63) is 83.0 Å². The Morgan fingerprint density at radius 3 is 2.33 bits per heavy atom. The van der Waals surface area contributed by atoms with E-state index in [0.29, 0.717) is 0 Å². The molecule has 0 amide bonds. The van der Waals surface area contributed by atoms with Crippen LogP contribution in [0.1, 0.15) is 43.0 Å². The average molecular weight is 470 g/mol. The second kappa shape index (κ2) is 6.97. The van der Waals surface area contributed by atoms with Gasteiger partial charge in [-0.1, -0.05) is 68.8 Å². The molecule has 0 aliphatic rings. The third-order valence-corrected chi connectivity index (χ3v) is 8.23. The fraction of sp³-hybridized carbons (Fsp3) is 0.265. The normalized spacial score (nSPS) is 13.0. The van der Waals surface area contributed by atoms with E-state index < -0.39 is 0 Å². The maximum Gasteiger partial charge on any atom is 0.224 e. The molecule has 0 unspecified atom stereocenters. The summed E-state index contributed by atoms with van der Waals surface area (Å²) in [5.41, 5.74) is 11.1. The van der Waals surface area contributed by atoms with Gasteiger partial charge in [0.05, 0.1) is 27.3 Å². The van der Waals surface area contributed by atoms with Gasteiger partial charge in [0, 0.05) is 16.8 Å². The summed E-state index contributed by atoms with van der Waals surface area (Å²) in [6, 6.07) is 20.8. The number of rotatable bonds is 1. The quantitative estimate of drug-likeness (QED) is 0.129. The summed E-state index contributed by atoms with van der Waals surface area (Å²) in [4.78, 5) is 0. The lowest BCUT2D eigenvalue weighted by atomic mass is 9.83. The molecule has 0 fully saturated rings. The number of pyridine rings is 2. The van der Waals surface area contributed by atoms with Crippen molar-refractivity contribution in [2.24, 2.45) is 12.5 Å². The van der Waals surface area contributed by atoms with Crippen molar-refractivity contribution in [2.45, 2.75) is 48.0 Å². The number of fused-ring (bicyclic) bond motifs is 7. The minimum absolute atomic E-state index is 0.156. The molecule has 0 atom stereocenters. The zero-order valence-corrected chi connectivity index (χ0v) is 22.4. The first kappa shape index (κ1) is 21.6. The number of hydrogen-bond acceptors (Lipinski definition) is 0. The first-order valence-electron chi connectivity index (χ1n) is 13.1. The number of aryl methyl sites for hydroxylation is 4. The summed E-state index contributed by atoms with van der Waals surface area (Å²) in [5, 5.41) is 9.58. The maximum absolute atomic E-state index is 2.62. The molecule has 7 rings (SSSR count). The van der Waals surface area contributed by atoms with Crippen LogP contribution in [0.3, 0.4) is 0 Å². The molecule has 3 heterocycles. The van der Waals surface area contributed by atoms with Crippen LogP contribution in [-0.2, 0) is 13.5 Å². The number of hydrogen-bond donors (Lipinski definition) is 0. The van der Waals surface area contributed by atoms with Gasteiger partial charge in [-0.15, -0.1) is 0 Å². The molecule has 36 heavy (non-hydrogen) atoms. The third kappa shape index (κ3) is 2.70. The van der Waals surface area contributed by atoms with Gasteiger partial charge < -0.3 is 4.40 Å². The fourth-order valence-electron chi connectivity index (χ4n) is 6.79. The summed E-state index contributed by atoms with van der Waals surface area (Å²) in [5.74, 6) is 0. The van der Waals surface area contributed by atoms with Crippen molar-refractivity contribution < 1.29 is 4.57 Å². The molecule has 4 aromatic carbocycles. The highest BCUT2D eigenvalue weighted by Crippen LogP contribution is 2.45. The predicted molar refractivity (Wildman–Crippen MR) is 155 cm³/mol. The van der Waals surface area contributed by atoms with Crippen LogP contribution >= 0.6 is 0 Å². The van der Waals surface area contributed by atoms with Crippen molar-refractivity contribution in [1.29, 1.82) is 0 Å². The second-order valence-electron chi connectivity index (χ2n) is 12.1. The predicted octanol–water partition coefficient (Wildman–Crippen LogP) is 8.48. The van der Waals surface area contributed by atoms with Crippen molar-refractivity contribution in [3.8, 4) is 0 Å². The van der Waals surface area contributed by atoms with Gasteiger partial charge in [0.15, 0.2) is 6.20 Å². The summed E-state index contributed by atoms with van der Waals surface area (Å²) in [7, 11) is 2.21. The summed E-state index contributed by atoms with van der Waals surface area (Å²) < 4.78 is 4.97. The van der Waals surface area contributed by atoms with Crippen LogP contribution in [0.5, 0.6) is 0 Å². The molecule has 3 aromatic heterocycles. The Kier molecular flexibility index (Phi) is 4.19. The molecule has 2 nitrogen and oxygen atoms in total. The molecule has 0 saturated carbocycles. The Morgan fingerprint density at radius 2 is 1.56 bits per heavy atom. The van der Waals surface area contributed by atoms with Gasteiger partial charge in [-0.3, -0.25) is 0 Å². The Balaban J connectivity index is 1.95. The minimum atomic E-state index is 0.156. The topological polar surface area (TPSA) is 8.29 Å². The van der Waals surface area contributed by atoms with Crippen LogP contribution < -0.4 is 4.57 Å². The maximum atomic E-state index is 2.62. The summed E-state index contributed by atoms with van der Waals surface area (Å²) >= 11 is 0. The SMILES string of the molecule is Cc1ccc2c(C)c3c(c(CC(C)(C)C)c2c1)n1c2cccc(C)c2c2ccc4cc[n+](C)c3c4c21. The molecule has 0 spiro atoms. The number of aromatic nitrogens is 2. The lowest BCUT2D eigenvalue weighted by Gasteiger charge is -2.24. The van der Waals surface area contributed by atoms with Crippen LogP contribution in [0.2, 0.25) is 0 Å². The van der Waals surface area contributed by atoms with Gasteiger partial charge in [0.2, 0.25) is 5.52 Å². The Labute approximate surface area is 212 Å². The lowest BCUT2D eigenvalue weighted by molar-refractivity contribution is -0.643. The highest BCUT2D eigenvalue weighted by molar-refractivity contribution is 6.29. The van der Waals surface area contributed by atoms with Crippen molar-refractivity contribution in [2.75, 3.05) is 0 Å². The van der Waals surface area contributed by atoms with Crippen LogP contribution in [-0.4, -0.2) is 4.40 Å². The van der Waals surface area contributed by atoms with E-state index in [-0.39, 0.29) is 5.41 Å². The third-order valence-electron chi connectivity index (χ3n) is 8.23. The van der Waals surface area contributed by atoms with E-state index in [1.807, 2.05) is 0 Å². The first-order chi connectivity index (χ1) is 17.2. The molecular weight excluding hydrogens is 436 g/mol. The molecule has 0 saturated heterocycles. The molecule has 178 valence electrons. The molecule has 0 radical (unpaired) electrons. The van der Waals surface area contributed by atoms with Gasteiger partial charge >= 0.3 is 0 Å². The highest BCUT2D eigenvalue weighted by atomic mass is 15.0. The fourth-order valence-corrected chi connectivity index (χ4v) is 6.79. The lowest BCUT2D eigenvalue weighted by Crippen LogP contribution is -2.29. The largest absolute Gasteiger partial charge is 0.307 e. The molecule has 0 bridgehead atoms. The smallest absolute Gasteiger partial charge is 0.224 e. The van der Waals surface area contributed by atoms with Crippen LogP contribution in [0.15, 0.2) is 60.8 Å². The minimum Gasteiger partial charge on any atom is -0.307 e. The van der Waals surface area contributed by atoms with E-state index in [1.54, 1.807) is 0 Å². The van der Waals surface area contributed by atoms with Crippen molar-refractivity contribution >= 4 is 59.8 Å². The molecule has 2 heteroatoms. The zero-order valence-electron chi connectivity index (χ0n) is 22.4. The van der Waals surface area contributed by atoms with Gasteiger partial charge in [-0.2, -0.15) is 0 Å². The molecule has 7 aromatic rings. The van der Waals surface area contributed by atoms with E-state index in [1.165, 1.54) is 82.0 Å². The first-order valence-corrected chi connectivity index (χ1v) is 13.1. The Morgan fingerprint density at radius 1 is 0.778 bits per heavy atom. The van der Waals surface area contributed by atoms with Crippen molar-refractivity contribution in [1.82, 2.24) is 4.40 Å². The molecule has 0 aliphatic carbocycles. The summed E-state index contributed by atoms with van der Waals surface area (Å²) in [6.07, 6.45) is 3.25. The summed E-state index contributed by atoms with van der Waals surface area (Å²) in [6.45, 7) is 13.9. The van der Waals surface area contributed by atoms with Gasteiger partial charge in [-0.25, -0.2) is 4.57 Å². The second-order valence-corrected chi connectivity index (χ2v) is 12.1. The number of nitrogens with zero attached hydrogens (tertiary/aromatic N) is 2. The standard InChI is InChI=1S/C34H33N2/c1-19-11-13-23-21(3)29-32(26(25(23)17-19)18-34(4,5)6)36-27-10-8-9-20(2)28(27)24-14-12-22-15-16-35(7)33(29)30(22)31(24)36/h8-17H,18H2,1-7H3/q+1. The van der Waals surface area contributed by atoms with Gasteiger partial charge in [-0.05, 0) is 71.5 Å². The van der Waals surface area contributed by atoms with E-state index >= 15 is 0 Å². The Bertz CT molecular complexity index is 2030.